The van der Waals surface area contributed by atoms with Gasteiger partial charge in [-0.1, -0.05) is 18.2 Å². The molecule has 0 aliphatic carbocycles. The number of hydrogen-bond acceptors (Lipinski definition) is 4. The van der Waals surface area contributed by atoms with Gasteiger partial charge in [0.15, 0.2) is 6.10 Å². The molecule has 102 valence electrons. The summed E-state index contributed by atoms with van der Waals surface area (Å²) in [7, 11) is 1.61. The van der Waals surface area contributed by atoms with E-state index in [0.717, 1.165) is 0 Å². The Labute approximate surface area is 115 Å². The van der Waals surface area contributed by atoms with Gasteiger partial charge in [-0.25, -0.2) is 4.79 Å². The molecule has 0 radical (unpaired) electrons. The van der Waals surface area contributed by atoms with Crippen molar-refractivity contribution in [3.8, 4) is 5.75 Å². The molecule has 3 rings (SSSR count). The molecular weight excluding hydrogens is 258 g/mol. The second-order valence-electron chi connectivity index (χ2n) is 4.82. The molecule has 2 aromatic rings. The van der Waals surface area contributed by atoms with Crippen molar-refractivity contribution >= 4 is 5.97 Å². The van der Waals surface area contributed by atoms with Crippen molar-refractivity contribution in [2.45, 2.75) is 13.0 Å². The predicted molar refractivity (Wildman–Crippen MR) is 71.8 cm³/mol. The second-order valence-corrected chi connectivity index (χ2v) is 4.82. The minimum Gasteiger partial charge on any atom is -0.507 e. The third kappa shape index (κ3) is 1.63. The van der Waals surface area contributed by atoms with Crippen LogP contribution < -0.4 is 5.56 Å². The van der Waals surface area contributed by atoms with Crippen molar-refractivity contribution < 1.29 is 14.6 Å². The maximum absolute atomic E-state index is 12.3. The smallest absolute Gasteiger partial charge is 0.339 e. The van der Waals surface area contributed by atoms with E-state index in [-0.39, 0.29) is 16.9 Å². The first-order chi connectivity index (χ1) is 9.50. The summed E-state index contributed by atoms with van der Waals surface area (Å²) in [5.74, 6) is -0.632. The van der Waals surface area contributed by atoms with E-state index in [4.69, 9.17) is 4.74 Å². The maximum atomic E-state index is 12.3. The van der Waals surface area contributed by atoms with Crippen LogP contribution in [0.25, 0.3) is 0 Å². The molecule has 1 aromatic carbocycles. The van der Waals surface area contributed by atoms with Crippen molar-refractivity contribution in [2.75, 3.05) is 0 Å². The fourth-order valence-electron chi connectivity index (χ4n) is 2.43. The molecule has 5 nitrogen and oxygen atoms in total. The molecule has 0 spiro atoms. The van der Waals surface area contributed by atoms with Gasteiger partial charge in [0.05, 0.1) is 5.56 Å². The SMILES string of the molecule is Cc1cc(O)c(C2OC(=O)c3ccccc32)c(=O)n1C. The monoisotopic (exact) mass is 271 g/mol. The number of ether oxygens (including phenoxy) is 1. The summed E-state index contributed by atoms with van der Waals surface area (Å²) in [5.41, 5.74) is 1.40. The number of cyclic esters (lactones) is 1. The molecule has 1 atom stereocenters. The van der Waals surface area contributed by atoms with Crippen LogP contribution in [0.2, 0.25) is 0 Å². The summed E-state index contributed by atoms with van der Waals surface area (Å²) < 4.78 is 6.68. The lowest BCUT2D eigenvalue weighted by atomic mass is 9.99. The summed E-state index contributed by atoms with van der Waals surface area (Å²) in [6.07, 6.45) is -0.849. The summed E-state index contributed by atoms with van der Waals surface area (Å²) in [6, 6.07) is 8.36. The van der Waals surface area contributed by atoms with Gasteiger partial charge in [-0.15, -0.1) is 0 Å². The third-order valence-corrected chi connectivity index (χ3v) is 3.64. The highest BCUT2D eigenvalue weighted by molar-refractivity contribution is 5.94. The number of aromatic nitrogens is 1. The van der Waals surface area contributed by atoms with Gasteiger partial charge in [-0.2, -0.15) is 0 Å². The maximum Gasteiger partial charge on any atom is 0.339 e. The minimum atomic E-state index is -0.849. The number of carbonyl (C=O) groups is 1. The number of fused-ring (bicyclic) bond motifs is 1. The number of aryl methyl sites for hydroxylation is 1. The number of hydrogen-bond donors (Lipinski definition) is 1. The van der Waals surface area contributed by atoms with Gasteiger partial charge in [0.1, 0.15) is 11.3 Å². The lowest BCUT2D eigenvalue weighted by molar-refractivity contribution is 0.0450. The van der Waals surface area contributed by atoms with Crippen LogP contribution in [0.3, 0.4) is 0 Å². The Bertz CT molecular complexity index is 776. The Kier molecular flexibility index (Phi) is 2.64. The Morgan fingerprint density at radius 1 is 1.25 bits per heavy atom. The number of nitrogens with zero attached hydrogens (tertiary/aromatic N) is 1. The fraction of sp³-hybridized carbons (Fsp3) is 0.200. The van der Waals surface area contributed by atoms with Crippen molar-refractivity contribution in [3.63, 3.8) is 0 Å². The van der Waals surface area contributed by atoms with Gasteiger partial charge in [0.25, 0.3) is 5.56 Å². The molecule has 1 N–H and O–H groups in total. The molecule has 1 aromatic heterocycles. The first kappa shape index (κ1) is 12.5. The van der Waals surface area contributed by atoms with Gasteiger partial charge in [-0.3, -0.25) is 4.79 Å². The highest BCUT2D eigenvalue weighted by Gasteiger charge is 2.35. The Morgan fingerprint density at radius 2 is 1.95 bits per heavy atom. The second kappa shape index (κ2) is 4.23. The van der Waals surface area contributed by atoms with Crippen LogP contribution in [0, 0.1) is 6.92 Å². The fourth-order valence-corrected chi connectivity index (χ4v) is 2.43. The van der Waals surface area contributed by atoms with Crippen LogP contribution in [-0.4, -0.2) is 15.6 Å². The van der Waals surface area contributed by atoms with Crippen molar-refractivity contribution in [1.29, 1.82) is 0 Å². The summed E-state index contributed by atoms with van der Waals surface area (Å²) in [4.78, 5) is 24.1. The van der Waals surface area contributed by atoms with Gasteiger partial charge < -0.3 is 14.4 Å². The van der Waals surface area contributed by atoms with Crippen LogP contribution in [0.4, 0.5) is 0 Å². The third-order valence-electron chi connectivity index (χ3n) is 3.64. The van der Waals surface area contributed by atoms with Crippen LogP contribution >= 0.6 is 0 Å². The molecule has 5 heteroatoms. The average molecular weight is 271 g/mol. The topological polar surface area (TPSA) is 68.5 Å². The normalized spacial score (nSPS) is 16.9. The van der Waals surface area contributed by atoms with E-state index in [1.54, 1.807) is 38.2 Å². The van der Waals surface area contributed by atoms with Crippen molar-refractivity contribution in [1.82, 2.24) is 4.57 Å². The largest absolute Gasteiger partial charge is 0.507 e. The Morgan fingerprint density at radius 3 is 2.70 bits per heavy atom. The van der Waals surface area contributed by atoms with E-state index < -0.39 is 12.1 Å². The summed E-state index contributed by atoms with van der Waals surface area (Å²) in [5, 5.41) is 10.1. The zero-order chi connectivity index (χ0) is 14.4. The van der Waals surface area contributed by atoms with Crippen LogP contribution in [0.5, 0.6) is 5.75 Å². The number of carbonyl (C=O) groups excluding carboxylic acids is 1. The summed E-state index contributed by atoms with van der Waals surface area (Å²) >= 11 is 0. The van der Waals surface area contributed by atoms with E-state index >= 15 is 0 Å². The van der Waals surface area contributed by atoms with Crippen LogP contribution in [-0.2, 0) is 11.8 Å². The van der Waals surface area contributed by atoms with E-state index in [1.165, 1.54) is 10.6 Å². The molecule has 0 amide bonds. The molecular formula is C15H13NO4. The number of rotatable bonds is 1. The standard InChI is InChI=1S/C15H13NO4/c1-8-7-11(17)12(14(18)16(8)2)13-9-5-3-4-6-10(9)15(19)20-13/h3-7,13,17H,1-2H3. The molecule has 1 aliphatic rings. The number of pyridine rings is 1. The molecule has 0 bridgehead atoms. The van der Waals surface area contributed by atoms with Gasteiger partial charge in [-0.05, 0) is 19.1 Å². The van der Waals surface area contributed by atoms with Gasteiger partial charge >= 0.3 is 5.97 Å². The molecule has 20 heavy (non-hydrogen) atoms. The number of esters is 1. The number of aromatic hydroxyl groups is 1. The van der Waals surface area contributed by atoms with Crippen LogP contribution in [0.1, 0.15) is 33.3 Å². The highest BCUT2D eigenvalue weighted by atomic mass is 16.5. The van der Waals surface area contributed by atoms with Crippen LogP contribution in [0.15, 0.2) is 35.1 Å². The first-order valence-corrected chi connectivity index (χ1v) is 6.20. The molecule has 0 saturated carbocycles. The predicted octanol–water partition coefficient (Wildman–Crippen LogP) is 1.66. The van der Waals surface area contributed by atoms with E-state index in [9.17, 15) is 14.7 Å². The zero-order valence-corrected chi connectivity index (χ0v) is 11.1. The number of benzene rings is 1. The molecule has 1 unspecified atom stereocenters. The Hall–Kier alpha value is -2.56. The van der Waals surface area contributed by atoms with Crippen molar-refractivity contribution in [2.24, 2.45) is 7.05 Å². The van der Waals surface area contributed by atoms with Gasteiger partial charge in [0.2, 0.25) is 0 Å². The van der Waals surface area contributed by atoms with E-state index in [1.807, 2.05) is 0 Å². The molecule has 2 heterocycles. The highest BCUT2D eigenvalue weighted by Crippen LogP contribution is 2.37. The lowest BCUT2D eigenvalue weighted by Gasteiger charge is -2.14. The Balaban J connectivity index is 2.25. The van der Waals surface area contributed by atoms with Gasteiger partial charge in [0, 0.05) is 18.3 Å². The average Bonchev–Trinajstić information content (AvgIpc) is 2.75. The lowest BCUT2D eigenvalue weighted by Crippen LogP contribution is -2.25. The zero-order valence-electron chi connectivity index (χ0n) is 11.1. The molecule has 0 saturated heterocycles. The van der Waals surface area contributed by atoms with E-state index in [0.29, 0.717) is 16.8 Å². The summed E-state index contributed by atoms with van der Waals surface area (Å²) in [6.45, 7) is 1.72. The molecule has 0 fully saturated rings. The quantitative estimate of drug-likeness (QED) is 0.801. The van der Waals surface area contributed by atoms with E-state index in [2.05, 4.69) is 0 Å². The first-order valence-electron chi connectivity index (χ1n) is 6.20. The minimum absolute atomic E-state index is 0.0939. The van der Waals surface area contributed by atoms with Crippen molar-refractivity contribution in [3.05, 3.63) is 63.1 Å². The molecule has 1 aliphatic heterocycles.